The zero-order valence-corrected chi connectivity index (χ0v) is 18.5. The molecule has 4 rings (SSSR count). The van der Waals surface area contributed by atoms with Crippen molar-refractivity contribution >= 4 is 16.9 Å². The summed E-state index contributed by atoms with van der Waals surface area (Å²) in [7, 11) is 0. The van der Waals surface area contributed by atoms with Gasteiger partial charge in [0.25, 0.3) is 0 Å². The topological polar surface area (TPSA) is 65.8 Å². The number of amides is 1. The zero-order valence-electron chi connectivity index (χ0n) is 18.5. The highest BCUT2D eigenvalue weighted by atomic mass is 16.4. The molecule has 1 aromatic heterocycles. The van der Waals surface area contributed by atoms with Gasteiger partial charge in [0.15, 0.2) is 0 Å². The number of rotatable bonds is 6. The molecule has 1 amide bonds. The van der Waals surface area contributed by atoms with Gasteiger partial charge < -0.3 is 9.73 Å². The number of hydrogen-bond acceptors (Lipinski definition) is 5. The van der Waals surface area contributed by atoms with Gasteiger partial charge in [-0.3, -0.25) is 14.6 Å². The van der Waals surface area contributed by atoms with Crippen LogP contribution in [0.4, 0.5) is 0 Å². The lowest BCUT2D eigenvalue weighted by Gasteiger charge is -2.37. The molecule has 0 unspecified atom stereocenters. The molecule has 0 spiro atoms. The highest BCUT2D eigenvalue weighted by Crippen LogP contribution is 2.27. The third kappa shape index (κ3) is 4.60. The lowest BCUT2D eigenvalue weighted by atomic mass is 9.95. The molecule has 6 heteroatoms. The maximum atomic E-state index is 12.4. The van der Waals surface area contributed by atoms with E-state index in [1.54, 1.807) is 6.07 Å². The molecule has 0 radical (unpaired) electrons. The van der Waals surface area contributed by atoms with Gasteiger partial charge in [0.1, 0.15) is 5.58 Å². The highest BCUT2D eigenvalue weighted by molar-refractivity contribution is 5.82. The Hall–Kier alpha value is -2.18. The van der Waals surface area contributed by atoms with Crippen molar-refractivity contribution in [1.29, 1.82) is 0 Å². The predicted octanol–water partition coefficient (Wildman–Crippen LogP) is 3.01. The molecule has 2 heterocycles. The van der Waals surface area contributed by atoms with Crippen LogP contribution in [0.1, 0.15) is 56.2 Å². The van der Waals surface area contributed by atoms with Crippen LogP contribution in [0.5, 0.6) is 0 Å². The standard InChI is InChI=1S/C24H33N3O3/c1-15(2)20-13-21-18(12-23(28)30-22(21)11-16(20)3)14-26-7-9-27(10-8-26)17(4)24(29)25-19-5-6-19/h11-13,15,17,19H,5-10,14H2,1-4H3,(H,25,29)/t17-/m1/s1. The first-order valence-electron chi connectivity index (χ1n) is 11.2. The van der Waals surface area contributed by atoms with Gasteiger partial charge in [-0.1, -0.05) is 13.8 Å². The van der Waals surface area contributed by atoms with E-state index in [-0.39, 0.29) is 17.6 Å². The number of nitrogens with one attached hydrogen (secondary N) is 1. The number of piperazine rings is 1. The van der Waals surface area contributed by atoms with Crippen LogP contribution in [0.2, 0.25) is 0 Å². The van der Waals surface area contributed by atoms with Gasteiger partial charge >= 0.3 is 5.63 Å². The second-order valence-corrected chi connectivity index (χ2v) is 9.22. The van der Waals surface area contributed by atoms with Crippen molar-refractivity contribution in [3.63, 3.8) is 0 Å². The van der Waals surface area contributed by atoms with Gasteiger partial charge in [-0.05, 0) is 61.4 Å². The van der Waals surface area contributed by atoms with Gasteiger partial charge in [0.05, 0.1) is 6.04 Å². The van der Waals surface area contributed by atoms with E-state index in [4.69, 9.17) is 4.42 Å². The minimum absolute atomic E-state index is 0.0890. The van der Waals surface area contributed by atoms with E-state index in [1.807, 2.05) is 13.0 Å². The monoisotopic (exact) mass is 411 g/mol. The van der Waals surface area contributed by atoms with Crippen molar-refractivity contribution in [1.82, 2.24) is 15.1 Å². The number of aryl methyl sites for hydroxylation is 1. The molecule has 2 aliphatic rings. The largest absolute Gasteiger partial charge is 0.423 e. The van der Waals surface area contributed by atoms with E-state index >= 15 is 0 Å². The van der Waals surface area contributed by atoms with Crippen molar-refractivity contribution in [2.75, 3.05) is 26.2 Å². The van der Waals surface area contributed by atoms with Crippen molar-refractivity contribution in [2.24, 2.45) is 0 Å². The molecule has 6 nitrogen and oxygen atoms in total. The molecule has 1 aliphatic heterocycles. The maximum Gasteiger partial charge on any atom is 0.336 e. The van der Waals surface area contributed by atoms with Crippen molar-refractivity contribution in [3.8, 4) is 0 Å². The Labute approximate surface area is 178 Å². The van der Waals surface area contributed by atoms with Crippen molar-refractivity contribution in [3.05, 3.63) is 45.3 Å². The van der Waals surface area contributed by atoms with E-state index < -0.39 is 0 Å². The first kappa shape index (κ1) is 21.1. The summed E-state index contributed by atoms with van der Waals surface area (Å²) >= 11 is 0. The lowest BCUT2D eigenvalue weighted by Crippen LogP contribution is -2.53. The molecule has 30 heavy (non-hydrogen) atoms. The number of fused-ring (bicyclic) bond motifs is 1. The third-order valence-corrected chi connectivity index (χ3v) is 6.49. The Morgan fingerprint density at radius 2 is 1.83 bits per heavy atom. The van der Waals surface area contributed by atoms with Crippen molar-refractivity contribution in [2.45, 2.75) is 65.1 Å². The van der Waals surface area contributed by atoms with E-state index in [0.717, 1.165) is 62.1 Å². The van der Waals surface area contributed by atoms with Crippen LogP contribution in [0, 0.1) is 6.92 Å². The first-order valence-corrected chi connectivity index (χ1v) is 11.2. The predicted molar refractivity (Wildman–Crippen MR) is 119 cm³/mol. The Kier molecular flexibility index (Phi) is 5.98. The SMILES string of the molecule is Cc1cc2oc(=O)cc(CN3CCN([C@H](C)C(=O)NC4CC4)CC3)c2cc1C(C)C. The molecule has 2 fully saturated rings. The molecule has 1 aliphatic carbocycles. The number of nitrogens with zero attached hydrogens (tertiary/aromatic N) is 2. The molecule has 1 saturated heterocycles. The number of hydrogen-bond donors (Lipinski definition) is 1. The highest BCUT2D eigenvalue weighted by Gasteiger charge is 2.30. The quantitative estimate of drug-likeness (QED) is 0.741. The number of carbonyl (C=O) groups is 1. The van der Waals surface area contributed by atoms with Crippen LogP contribution >= 0.6 is 0 Å². The second kappa shape index (κ2) is 8.52. The van der Waals surface area contributed by atoms with Crippen LogP contribution in [0.25, 0.3) is 11.0 Å². The summed E-state index contributed by atoms with van der Waals surface area (Å²) in [6.07, 6.45) is 2.23. The molecule has 1 saturated carbocycles. The minimum atomic E-state index is -0.293. The van der Waals surface area contributed by atoms with Gasteiger partial charge in [0.2, 0.25) is 5.91 Å². The molecule has 2 aromatic rings. The Morgan fingerprint density at radius 1 is 1.13 bits per heavy atom. The molecule has 1 N–H and O–H groups in total. The Bertz CT molecular complexity index is 985. The van der Waals surface area contributed by atoms with Crippen LogP contribution in [-0.4, -0.2) is 54.0 Å². The third-order valence-electron chi connectivity index (χ3n) is 6.49. The van der Waals surface area contributed by atoms with Gasteiger partial charge in [0, 0.05) is 50.2 Å². The maximum absolute atomic E-state index is 12.4. The van der Waals surface area contributed by atoms with Gasteiger partial charge in [-0.25, -0.2) is 4.79 Å². The summed E-state index contributed by atoms with van der Waals surface area (Å²) in [4.78, 5) is 29.1. The second-order valence-electron chi connectivity index (χ2n) is 9.22. The molecular weight excluding hydrogens is 378 g/mol. The van der Waals surface area contributed by atoms with E-state index in [9.17, 15) is 9.59 Å². The molecule has 1 atom stereocenters. The lowest BCUT2D eigenvalue weighted by molar-refractivity contribution is -0.126. The summed E-state index contributed by atoms with van der Waals surface area (Å²) < 4.78 is 5.49. The molecule has 0 bridgehead atoms. The van der Waals surface area contributed by atoms with Crippen LogP contribution in [0.15, 0.2) is 27.4 Å². The molecule has 162 valence electrons. The Morgan fingerprint density at radius 3 is 2.47 bits per heavy atom. The molecule has 1 aromatic carbocycles. The summed E-state index contributed by atoms with van der Waals surface area (Å²) in [6, 6.07) is 6.13. The minimum Gasteiger partial charge on any atom is -0.423 e. The molecular formula is C24H33N3O3. The fourth-order valence-electron chi connectivity index (χ4n) is 4.41. The van der Waals surface area contributed by atoms with E-state index in [2.05, 4.69) is 42.0 Å². The first-order chi connectivity index (χ1) is 14.3. The van der Waals surface area contributed by atoms with E-state index in [0.29, 0.717) is 17.5 Å². The summed E-state index contributed by atoms with van der Waals surface area (Å²) in [6.45, 7) is 12.6. The van der Waals surface area contributed by atoms with Crippen LogP contribution in [0.3, 0.4) is 0 Å². The summed E-state index contributed by atoms with van der Waals surface area (Å²) in [5.41, 5.74) is 3.85. The van der Waals surface area contributed by atoms with Gasteiger partial charge in [-0.15, -0.1) is 0 Å². The van der Waals surface area contributed by atoms with E-state index in [1.165, 1.54) is 5.56 Å². The average molecular weight is 412 g/mol. The zero-order chi connectivity index (χ0) is 21.4. The van der Waals surface area contributed by atoms with Crippen LogP contribution in [-0.2, 0) is 11.3 Å². The summed E-state index contributed by atoms with van der Waals surface area (Å²) in [5.74, 6) is 0.565. The van der Waals surface area contributed by atoms with Gasteiger partial charge in [-0.2, -0.15) is 0 Å². The fourth-order valence-corrected chi connectivity index (χ4v) is 4.41. The summed E-state index contributed by atoms with van der Waals surface area (Å²) in [5, 5.41) is 4.14. The number of benzene rings is 1. The normalized spacial score (nSPS) is 19.4. The Balaban J connectivity index is 1.46. The van der Waals surface area contributed by atoms with Crippen LogP contribution < -0.4 is 10.9 Å². The number of carbonyl (C=O) groups excluding carboxylic acids is 1. The smallest absolute Gasteiger partial charge is 0.336 e. The fraction of sp³-hybridized carbons (Fsp3) is 0.583. The average Bonchev–Trinajstić information content (AvgIpc) is 3.51. The van der Waals surface area contributed by atoms with Crippen molar-refractivity contribution < 1.29 is 9.21 Å².